The van der Waals surface area contributed by atoms with E-state index >= 15 is 0 Å². The van der Waals surface area contributed by atoms with Gasteiger partial charge in [0.05, 0.1) is 23.6 Å². The van der Waals surface area contributed by atoms with Crippen molar-refractivity contribution < 1.29 is 22.4 Å². The van der Waals surface area contributed by atoms with Gasteiger partial charge in [0.1, 0.15) is 5.76 Å². The highest BCUT2D eigenvalue weighted by Crippen LogP contribution is 2.24. The van der Waals surface area contributed by atoms with Gasteiger partial charge in [-0.2, -0.15) is 4.31 Å². The predicted molar refractivity (Wildman–Crippen MR) is 118 cm³/mol. The number of likely N-dealkylation sites (tertiary alicyclic amines) is 1. The third-order valence-electron chi connectivity index (χ3n) is 6.03. The number of benzene rings is 1. The predicted octanol–water partition coefficient (Wildman–Crippen LogP) is 1.59. The van der Waals surface area contributed by atoms with Crippen LogP contribution in [0.5, 0.6) is 0 Å². The Bertz CT molecular complexity index is 1060. The highest BCUT2D eigenvalue weighted by atomic mass is 32.2. The summed E-state index contributed by atoms with van der Waals surface area (Å²) in [5, 5.41) is 2.78. The number of nitrogens with one attached hydrogen (secondary N) is 1. The van der Waals surface area contributed by atoms with Crippen LogP contribution >= 0.6 is 0 Å². The van der Waals surface area contributed by atoms with Gasteiger partial charge >= 0.3 is 0 Å². The molecule has 2 aliphatic heterocycles. The number of nitrogens with zero attached hydrogens (tertiary/aromatic N) is 3. The zero-order chi connectivity index (χ0) is 22.7. The van der Waals surface area contributed by atoms with Crippen molar-refractivity contribution in [3.05, 3.63) is 48.4 Å². The number of furan rings is 1. The zero-order valence-electron chi connectivity index (χ0n) is 18.1. The van der Waals surface area contributed by atoms with E-state index in [4.69, 9.17) is 4.42 Å². The van der Waals surface area contributed by atoms with Crippen LogP contribution in [-0.2, 0) is 26.2 Å². The summed E-state index contributed by atoms with van der Waals surface area (Å²) in [7, 11) is -3.64. The molecule has 172 valence electrons. The normalized spacial score (nSPS) is 20.6. The van der Waals surface area contributed by atoms with Crippen LogP contribution in [0.2, 0.25) is 0 Å². The number of amides is 2. The van der Waals surface area contributed by atoms with Crippen LogP contribution in [0.3, 0.4) is 0 Å². The summed E-state index contributed by atoms with van der Waals surface area (Å²) >= 11 is 0. The topological polar surface area (TPSA) is 103 Å². The monoisotopic (exact) mass is 460 g/mol. The number of rotatable bonds is 7. The van der Waals surface area contributed by atoms with Crippen molar-refractivity contribution in [3.8, 4) is 0 Å². The van der Waals surface area contributed by atoms with Crippen LogP contribution < -0.4 is 5.32 Å². The van der Waals surface area contributed by atoms with Crippen molar-refractivity contribution >= 4 is 27.5 Å². The Morgan fingerprint density at radius 2 is 1.94 bits per heavy atom. The first kappa shape index (κ1) is 22.5. The highest BCUT2D eigenvalue weighted by molar-refractivity contribution is 7.89. The summed E-state index contributed by atoms with van der Waals surface area (Å²) < 4.78 is 32.9. The number of carbonyl (C=O) groups excluding carboxylic acids is 2. The summed E-state index contributed by atoms with van der Waals surface area (Å²) in [6.07, 6.45) is 1.66. The molecule has 1 atom stereocenters. The molecule has 1 unspecified atom stereocenters. The van der Waals surface area contributed by atoms with Gasteiger partial charge in [0.15, 0.2) is 0 Å². The van der Waals surface area contributed by atoms with Crippen LogP contribution in [0.4, 0.5) is 5.69 Å². The fraction of sp³-hybridized carbons (Fsp3) is 0.455. The summed E-state index contributed by atoms with van der Waals surface area (Å²) in [5.41, 5.74) is 0.403. The minimum Gasteiger partial charge on any atom is -0.467 e. The van der Waals surface area contributed by atoms with E-state index in [1.165, 1.54) is 10.4 Å². The molecule has 32 heavy (non-hydrogen) atoms. The van der Waals surface area contributed by atoms with E-state index in [2.05, 4.69) is 17.1 Å². The van der Waals surface area contributed by atoms with E-state index in [9.17, 15) is 18.0 Å². The van der Waals surface area contributed by atoms with Crippen LogP contribution in [0.15, 0.2) is 52.0 Å². The van der Waals surface area contributed by atoms with E-state index < -0.39 is 15.9 Å². The molecule has 0 radical (unpaired) electrons. The second-order valence-electron chi connectivity index (χ2n) is 8.11. The molecular formula is C22H28N4O5S. The largest absolute Gasteiger partial charge is 0.467 e. The third kappa shape index (κ3) is 4.87. The van der Waals surface area contributed by atoms with Crippen molar-refractivity contribution in [2.24, 2.45) is 5.92 Å². The molecule has 2 amide bonds. The smallest absolute Gasteiger partial charge is 0.243 e. The Morgan fingerprint density at radius 1 is 1.16 bits per heavy atom. The van der Waals surface area contributed by atoms with Crippen molar-refractivity contribution in [2.45, 2.75) is 24.8 Å². The Kier molecular flexibility index (Phi) is 6.63. The number of carbonyl (C=O) groups is 2. The molecule has 0 bridgehead atoms. The Balaban J connectivity index is 1.39. The van der Waals surface area contributed by atoms with Crippen LogP contribution in [0.1, 0.15) is 19.1 Å². The maximum Gasteiger partial charge on any atom is 0.243 e. The van der Waals surface area contributed by atoms with E-state index in [-0.39, 0.29) is 23.1 Å². The van der Waals surface area contributed by atoms with Gasteiger partial charge in [-0.25, -0.2) is 8.42 Å². The minimum absolute atomic E-state index is 0.107. The average molecular weight is 461 g/mol. The average Bonchev–Trinajstić information content (AvgIpc) is 3.44. The lowest BCUT2D eigenvalue weighted by Gasteiger charge is -2.33. The SMILES string of the molecule is CCN1CCN(S(=O)(=O)c2cccc(NC(=O)C3CC(=O)N(Cc4ccco4)C3)c2)CC1. The van der Waals surface area contributed by atoms with E-state index in [1.807, 2.05) is 0 Å². The molecule has 0 saturated carbocycles. The number of hydrogen-bond donors (Lipinski definition) is 1. The maximum absolute atomic E-state index is 13.0. The van der Waals surface area contributed by atoms with Gasteiger partial charge in [0, 0.05) is 44.8 Å². The molecule has 1 aromatic carbocycles. The summed E-state index contributed by atoms with van der Waals surface area (Å²) in [4.78, 5) is 29.0. The summed E-state index contributed by atoms with van der Waals surface area (Å²) in [5.74, 6) is -0.243. The Labute approximate surface area is 188 Å². The van der Waals surface area contributed by atoms with Gasteiger partial charge < -0.3 is 19.5 Å². The summed E-state index contributed by atoms with van der Waals surface area (Å²) in [6, 6.07) is 9.84. The lowest BCUT2D eigenvalue weighted by molar-refractivity contribution is -0.128. The quantitative estimate of drug-likeness (QED) is 0.673. The van der Waals surface area contributed by atoms with Crippen molar-refractivity contribution in [1.29, 1.82) is 0 Å². The standard InChI is InChI=1S/C22H28N4O5S/c1-2-24-8-10-26(11-9-24)32(29,30)20-7-3-5-18(14-20)23-22(28)17-13-21(27)25(15-17)16-19-6-4-12-31-19/h3-7,12,14,17H,2,8-11,13,15-16H2,1H3,(H,23,28). The molecule has 1 N–H and O–H groups in total. The molecule has 2 aromatic rings. The van der Waals surface area contributed by atoms with Crippen LogP contribution in [-0.4, -0.2) is 73.6 Å². The maximum atomic E-state index is 13.0. The number of piperazine rings is 1. The number of hydrogen-bond acceptors (Lipinski definition) is 6. The molecule has 0 aliphatic carbocycles. The second kappa shape index (κ2) is 9.43. The molecule has 2 saturated heterocycles. The number of likely N-dealkylation sites (N-methyl/N-ethyl adjacent to an activating group) is 1. The molecule has 2 fully saturated rings. The van der Waals surface area contributed by atoms with E-state index in [0.29, 0.717) is 50.7 Å². The molecule has 3 heterocycles. The zero-order valence-corrected chi connectivity index (χ0v) is 18.9. The summed E-state index contributed by atoms with van der Waals surface area (Å²) in [6.45, 7) is 5.89. The molecule has 2 aliphatic rings. The van der Waals surface area contributed by atoms with Gasteiger partial charge in [0.2, 0.25) is 21.8 Å². The third-order valence-corrected chi connectivity index (χ3v) is 7.92. The minimum atomic E-state index is -3.64. The first-order valence-corrected chi connectivity index (χ1v) is 12.2. The van der Waals surface area contributed by atoms with Crippen molar-refractivity contribution in [1.82, 2.24) is 14.1 Å². The molecule has 1 aromatic heterocycles. The fourth-order valence-corrected chi connectivity index (χ4v) is 5.57. The first-order chi connectivity index (χ1) is 15.4. The lowest BCUT2D eigenvalue weighted by atomic mass is 10.1. The van der Waals surface area contributed by atoms with E-state index in [0.717, 1.165) is 6.54 Å². The van der Waals surface area contributed by atoms with Crippen LogP contribution in [0, 0.1) is 5.92 Å². The molecule has 9 nitrogen and oxygen atoms in total. The first-order valence-electron chi connectivity index (χ1n) is 10.8. The molecule has 10 heteroatoms. The van der Waals surface area contributed by atoms with Gasteiger partial charge in [-0.3, -0.25) is 9.59 Å². The molecule has 0 spiro atoms. The van der Waals surface area contributed by atoms with Gasteiger partial charge in [0.25, 0.3) is 0 Å². The van der Waals surface area contributed by atoms with E-state index in [1.54, 1.807) is 41.5 Å². The lowest BCUT2D eigenvalue weighted by Crippen LogP contribution is -2.48. The molecule has 4 rings (SSSR count). The van der Waals surface area contributed by atoms with Gasteiger partial charge in [-0.1, -0.05) is 13.0 Å². The van der Waals surface area contributed by atoms with Crippen LogP contribution in [0.25, 0.3) is 0 Å². The second-order valence-corrected chi connectivity index (χ2v) is 10.0. The van der Waals surface area contributed by atoms with Crippen molar-refractivity contribution in [2.75, 3.05) is 44.6 Å². The Morgan fingerprint density at radius 3 is 2.62 bits per heavy atom. The highest BCUT2D eigenvalue weighted by Gasteiger charge is 2.35. The number of anilines is 1. The van der Waals surface area contributed by atoms with Gasteiger partial charge in [-0.05, 0) is 36.9 Å². The van der Waals surface area contributed by atoms with Crippen molar-refractivity contribution in [3.63, 3.8) is 0 Å². The fourth-order valence-electron chi connectivity index (χ4n) is 4.11. The Hall–Kier alpha value is -2.69. The number of sulfonamides is 1. The molecular weight excluding hydrogens is 432 g/mol. The van der Waals surface area contributed by atoms with Gasteiger partial charge in [-0.15, -0.1) is 0 Å².